The molecule has 3 aliphatic rings. The molecule has 0 spiro atoms. The van der Waals surface area contributed by atoms with Gasteiger partial charge in [-0.25, -0.2) is 14.8 Å². The van der Waals surface area contributed by atoms with E-state index in [1.807, 2.05) is 48.6 Å². The number of fused-ring (bicyclic) bond motifs is 8. The lowest BCUT2D eigenvalue weighted by Crippen LogP contribution is -2.33. The van der Waals surface area contributed by atoms with E-state index in [9.17, 15) is 14.7 Å². The van der Waals surface area contributed by atoms with Gasteiger partial charge in [-0.1, -0.05) is 0 Å². The summed E-state index contributed by atoms with van der Waals surface area (Å²) in [4.78, 5) is 40.9. The molecular formula is C30H28N6O5. The number of aliphatic hydroxyl groups excluding tert-OH is 2. The molecular weight excluding hydrogens is 524 g/mol. The van der Waals surface area contributed by atoms with Crippen LogP contribution in [0.3, 0.4) is 0 Å². The number of H-pyrrole nitrogens is 3. The van der Waals surface area contributed by atoms with Crippen molar-refractivity contribution < 1.29 is 14.9 Å². The van der Waals surface area contributed by atoms with Crippen LogP contribution >= 0.6 is 0 Å². The molecule has 7 heterocycles. The van der Waals surface area contributed by atoms with Crippen LogP contribution in [-0.2, 0) is 4.74 Å². The first-order valence-electron chi connectivity index (χ1n) is 13.1. The third-order valence-corrected chi connectivity index (χ3v) is 6.88. The number of nitrogens with zero attached hydrogens (tertiary/aromatic N) is 3. The van der Waals surface area contributed by atoms with Gasteiger partial charge in [0.25, 0.3) is 5.56 Å². The van der Waals surface area contributed by atoms with E-state index in [0.29, 0.717) is 5.56 Å². The molecule has 5 N–H and O–H groups in total. The summed E-state index contributed by atoms with van der Waals surface area (Å²) in [6.07, 6.45) is 7.51. The summed E-state index contributed by atoms with van der Waals surface area (Å²) < 4.78 is 6.54. The highest BCUT2D eigenvalue weighted by atomic mass is 16.5. The molecule has 0 unspecified atom stereocenters. The summed E-state index contributed by atoms with van der Waals surface area (Å²) in [6.45, 7) is 1.26. The standard InChI is InChI=1S/C20H14N4.C10H14N2O5/c1-2-14-10-16-5-6-18(23-16)12-20-8-7-19(24-20)11-17-4-3-15(22-17)9-13(1)21-14;1-5-3-12(10(16)11-9(5)15)8-2-6(14)7(4-13)17-8/h1-12,21,24H;3,6-8,13-14H,2,4H2,1H3,(H,11,15,16)/t;6-,7+,8+/m.0/s1. The van der Waals surface area contributed by atoms with Crippen molar-refractivity contribution in [2.45, 2.75) is 31.8 Å². The number of aryl methyl sites for hydroxylation is 1. The minimum absolute atomic E-state index is 0.205. The molecule has 0 radical (unpaired) electrons. The first kappa shape index (κ1) is 26.4. The number of hydrogen-bond donors (Lipinski definition) is 5. The molecule has 1 saturated heterocycles. The monoisotopic (exact) mass is 552 g/mol. The minimum Gasteiger partial charge on any atom is -0.394 e. The number of ether oxygens (including phenoxy) is 1. The van der Waals surface area contributed by atoms with Crippen LogP contribution in [0.1, 0.15) is 41.0 Å². The number of nitrogens with one attached hydrogen (secondary N) is 3. The van der Waals surface area contributed by atoms with E-state index in [2.05, 4.69) is 49.2 Å². The van der Waals surface area contributed by atoms with Crippen molar-refractivity contribution in [3.8, 4) is 0 Å². The highest BCUT2D eigenvalue weighted by Crippen LogP contribution is 2.27. The average Bonchev–Trinajstić information content (AvgIpc) is 3.77. The Hall–Kier alpha value is -4.84. The Balaban J connectivity index is 0.000000158. The van der Waals surface area contributed by atoms with Gasteiger partial charge >= 0.3 is 5.69 Å². The predicted octanol–water partition coefficient (Wildman–Crippen LogP) is 3.14. The Kier molecular flexibility index (Phi) is 7.06. The lowest BCUT2D eigenvalue weighted by Gasteiger charge is -2.14. The zero-order valence-electron chi connectivity index (χ0n) is 22.1. The van der Waals surface area contributed by atoms with E-state index < -0.39 is 29.7 Å². The van der Waals surface area contributed by atoms with Crippen LogP contribution in [-0.4, -0.2) is 58.5 Å². The molecule has 8 bridgehead atoms. The fraction of sp³-hybridized carbons (Fsp3) is 0.200. The number of aromatic nitrogens is 6. The van der Waals surface area contributed by atoms with Crippen LogP contribution in [0.15, 0.2) is 64.3 Å². The number of aliphatic hydroxyl groups is 2. The molecule has 41 heavy (non-hydrogen) atoms. The summed E-state index contributed by atoms with van der Waals surface area (Å²) in [5, 5.41) is 18.5. The van der Waals surface area contributed by atoms with Crippen LogP contribution in [0.25, 0.3) is 46.4 Å². The maximum Gasteiger partial charge on any atom is 0.330 e. The van der Waals surface area contributed by atoms with Gasteiger partial charge in [-0.05, 0) is 79.8 Å². The van der Waals surface area contributed by atoms with E-state index in [-0.39, 0.29) is 13.0 Å². The molecule has 0 saturated carbocycles. The number of hydrogen-bond acceptors (Lipinski definition) is 7. The average molecular weight is 553 g/mol. The summed E-state index contributed by atoms with van der Waals surface area (Å²) in [6, 6.07) is 16.4. The summed E-state index contributed by atoms with van der Waals surface area (Å²) in [7, 11) is 0. The van der Waals surface area contributed by atoms with Crippen LogP contribution in [0.4, 0.5) is 0 Å². The summed E-state index contributed by atoms with van der Waals surface area (Å²) in [5.74, 6) is 0. The molecule has 3 atom stereocenters. The first-order chi connectivity index (χ1) is 19.8. The zero-order valence-corrected chi connectivity index (χ0v) is 22.1. The van der Waals surface area contributed by atoms with Crippen LogP contribution < -0.4 is 11.2 Å². The highest BCUT2D eigenvalue weighted by molar-refractivity contribution is 5.77. The Labute approximate surface area is 233 Å². The van der Waals surface area contributed by atoms with Crippen LogP contribution in [0.2, 0.25) is 0 Å². The Morgan fingerprint density at radius 1 is 0.829 bits per heavy atom. The van der Waals surface area contributed by atoms with Crippen molar-refractivity contribution in [1.29, 1.82) is 0 Å². The first-order valence-corrected chi connectivity index (χ1v) is 13.1. The largest absolute Gasteiger partial charge is 0.394 e. The molecule has 3 aliphatic heterocycles. The smallest absolute Gasteiger partial charge is 0.330 e. The van der Waals surface area contributed by atoms with E-state index in [4.69, 9.17) is 9.84 Å². The second-order valence-corrected chi connectivity index (χ2v) is 10.00. The Morgan fingerprint density at radius 2 is 1.29 bits per heavy atom. The minimum atomic E-state index is -0.816. The van der Waals surface area contributed by atoms with Gasteiger partial charge in [-0.3, -0.25) is 14.3 Å². The van der Waals surface area contributed by atoms with Gasteiger partial charge in [0, 0.05) is 40.2 Å². The van der Waals surface area contributed by atoms with Crippen molar-refractivity contribution in [1.82, 2.24) is 29.5 Å². The summed E-state index contributed by atoms with van der Waals surface area (Å²) >= 11 is 0. The second kappa shape index (κ2) is 11.0. The van der Waals surface area contributed by atoms with Gasteiger partial charge in [0.05, 0.1) is 35.5 Å². The Bertz CT molecular complexity index is 1770. The van der Waals surface area contributed by atoms with Gasteiger partial charge in [-0.2, -0.15) is 0 Å². The van der Waals surface area contributed by atoms with E-state index in [0.717, 1.165) is 44.8 Å². The topological polar surface area (TPSA) is 162 Å². The molecule has 0 aliphatic carbocycles. The highest BCUT2D eigenvalue weighted by Gasteiger charge is 2.35. The zero-order chi connectivity index (χ0) is 28.5. The molecule has 0 aromatic carbocycles. The molecule has 11 heteroatoms. The molecule has 0 amide bonds. The third-order valence-electron chi connectivity index (χ3n) is 6.88. The quantitative estimate of drug-likeness (QED) is 0.220. The van der Waals surface area contributed by atoms with Crippen molar-refractivity contribution in [3.63, 3.8) is 0 Å². The normalized spacial score (nSPS) is 19.2. The lowest BCUT2D eigenvalue weighted by atomic mass is 10.2. The van der Waals surface area contributed by atoms with E-state index >= 15 is 0 Å². The summed E-state index contributed by atoms with van der Waals surface area (Å²) in [5.41, 5.74) is 7.22. The molecule has 1 fully saturated rings. The second-order valence-electron chi connectivity index (χ2n) is 10.00. The van der Waals surface area contributed by atoms with Crippen molar-refractivity contribution in [3.05, 3.63) is 104 Å². The van der Waals surface area contributed by atoms with E-state index in [1.165, 1.54) is 10.8 Å². The Morgan fingerprint density at radius 3 is 1.71 bits per heavy atom. The lowest BCUT2D eigenvalue weighted by molar-refractivity contribution is -0.0459. The van der Waals surface area contributed by atoms with Gasteiger partial charge < -0.3 is 24.9 Å². The van der Waals surface area contributed by atoms with Gasteiger partial charge in [-0.15, -0.1) is 0 Å². The number of rotatable bonds is 2. The van der Waals surface area contributed by atoms with Crippen LogP contribution in [0, 0.1) is 6.92 Å². The van der Waals surface area contributed by atoms with Crippen molar-refractivity contribution in [2.24, 2.45) is 0 Å². The molecule has 4 aromatic rings. The van der Waals surface area contributed by atoms with Gasteiger partial charge in [0.1, 0.15) is 12.3 Å². The maximum atomic E-state index is 11.6. The maximum absolute atomic E-state index is 11.6. The van der Waals surface area contributed by atoms with Gasteiger partial charge in [0.2, 0.25) is 0 Å². The molecule has 4 aromatic heterocycles. The molecule has 11 nitrogen and oxygen atoms in total. The molecule has 208 valence electrons. The SMILES string of the molecule is C1=Cc2cc3ccc(cc4nc(cc5ccc(cc1n2)[nH]5)C=C4)[nH]3.Cc1cn([C@H]2C[C@H](O)[C@@H](CO)O2)c(=O)[nH]c1=O. The van der Waals surface area contributed by atoms with Gasteiger partial charge in [0.15, 0.2) is 0 Å². The molecule has 7 rings (SSSR count). The third kappa shape index (κ3) is 5.87. The van der Waals surface area contributed by atoms with Crippen LogP contribution in [0.5, 0.6) is 0 Å². The fourth-order valence-corrected chi connectivity index (χ4v) is 4.79. The van der Waals surface area contributed by atoms with Crippen molar-refractivity contribution >= 4 is 46.4 Å². The fourth-order valence-electron chi connectivity index (χ4n) is 4.79. The van der Waals surface area contributed by atoms with E-state index in [1.54, 1.807) is 6.92 Å². The number of aromatic amines is 3. The van der Waals surface area contributed by atoms with Crippen molar-refractivity contribution in [2.75, 3.05) is 6.61 Å². The predicted molar refractivity (Wildman–Crippen MR) is 157 cm³/mol.